The average molecular weight is 461 g/mol. The van der Waals surface area contributed by atoms with E-state index in [0.29, 0.717) is 11.6 Å². The Labute approximate surface area is 201 Å². The molecule has 1 N–H and O–H groups in total. The minimum absolute atomic E-state index is 0.505. The molecule has 1 unspecified atom stereocenters. The predicted molar refractivity (Wildman–Crippen MR) is 137 cm³/mol. The quantitative estimate of drug-likeness (QED) is 0.292. The summed E-state index contributed by atoms with van der Waals surface area (Å²) in [5.41, 5.74) is 2.78. The van der Waals surface area contributed by atoms with Crippen LogP contribution in [-0.2, 0) is 4.74 Å². The van der Waals surface area contributed by atoms with Gasteiger partial charge in [0, 0.05) is 27.9 Å². The van der Waals surface area contributed by atoms with Gasteiger partial charge in [-0.25, -0.2) is 4.79 Å². The summed E-state index contributed by atoms with van der Waals surface area (Å²) in [4.78, 5) is 18.7. The molecule has 0 spiro atoms. The Balaban J connectivity index is 1.79. The number of rotatable bonds is 11. The lowest BCUT2D eigenvalue weighted by Crippen LogP contribution is -2.11. The second-order valence-corrected chi connectivity index (χ2v) is 9.12. The van der Waals surface area contributed by atoms with E-state index < -0.39 is 6.09 Å². The van der Waals surface area contributed by atoms with Gasteiger partial charge in [-0.2, -0.15) is 0 Å². The highest BCUT2D eigenvalue weighted by Gasteiger charge is 2.13. The summed E-state index contributed by atoms with van der Waals surface area (Å²) in [6.45, 7) is 4.46. The van der Waals surface area contributed by atoms with Crippen molar-refractivity contribution in [2.75, 3.05) is 5.32 Å². The molecule has 0 radical (unpaired) electrons. The Morgan fingerprint density at radius 2 is 1.79 bits per heavy atom. The summed E-state index contributed by atoms with van der Waals surface area (Å²) in [6.07, 6.45) is 9.91. The molecule has 0 fully saturated rings. The molecule has 172 valence electrons. The fourth-order valence-corrected chi connectivity index (χ4v) is 4.48. The van der Waals surface area contributed by atoms with Gasteiger partial charge >= 0.3 is 6.09 Å². The second kappa shape index (κ2) is 13.5. The third-order valence-electron chi connectivity index (χ3n) is 5.47. The number of hydrogen-bond acceptors (Lipinski definition) is 4. The van der Waals surface area contributed by atoms with E-state index in [1.165, 1.54) is 24.2 Å². The van der Waals surface area contributed by atoms with Crippen molar-refractivity contribution in [3.05, 3.63) is 90.9 Å². The van der Waals surface area contributed by atoms with E-state index >= 15 is 0 Å². The fourth-order valence-electron chi connectivity index (χ4n) is 3.58. The van der Waals surface area contributed by atoms with Crippen molar-refractivity contribution in [2.24, 2.45) is 5.92 Å². The molecule has 0 aliphatic carbocycles. The summed E-state index contributed by atoms with van der Waals surface area (Å²) in [5, 5.41) is 2.74. The van der Waals surface area contributed by atoms with Crippen molar-refractivity contribution in [3.63, 3.8) is 0 Å². The number of aromatic nitrogens is 1. The van der Waals surface area contributed by atoms with Gasteiger partial charge in [-0.05, 0) is 59.9 Å². The standard InChI is InChI=1S/C28H32N2O2S/c1-3-5-10-22(4-2)19-24(21-32-28(31)30-25-15-17-29-18-16-25)23-11-9-14-27(20-23)33-26-12-7-6-8-13-26/h6-9,11-18,20-22H,3-5,10,19H2,1-2H3,(H,29,30,31)/b24-21+. The number of pyridine rings is 1. The zero-order chi connectivity index (χ0) is 23.3. The molecule has 5 heteroatoms. The molecule has 0 bridgehead atoms. The van der Waals surface area contributed by atoms with Gasteiger partial charge in [0.25, 0.3) is 0 Å². The van der Waals surface area contributed by atoms with Crippen LogP contribution >= 0.6 is 11.8 Å². The van der Waals surface area contributed by atoms with E-state index in [2.05, 4.69) is 60.5 Å². The maximum Gasteiger partial charge on any atom is 0.416 e. The first kappa shape index (κ1) is 24.6. The molecule has 2 aromatic carbocycles. The third kappa shape index (κ3) is 8.43. The van der Waals surface area contributed by atoms with Crippen LogP contribution in [-0.4, -0.2) is 11.1 Å². The van der Waals surface area contributed by atoms with Gasteiger partial charge in [0.05, 0.1) is 0 Å². The van der Waals surface area contributed by atoms with Gasteiger partial charge < -0.3 is 4.74 Å². The van der Waals surface area contributed by atoms with Gasteiger partial charge in [-0.15, -0.1) is 0 Å². The number of nitrogens with zero attached hydrogens (tertiary/aromatic N) is 1. The lowest BCUT2D eigenvalue weighted by atomic mass is 9.89. The number of allylic oxidation sites excluding steroid dienone is 1. The molecule has 33 heavy (non-hydrogen) atoms. The van der Waals surface area contributed by atoms with Crippen LogP contribution in [0.3, 0.4) is 0 Å². The fraction of sp³-hybridized carbons (Fsp3) is 0.286. The number of benzene rings is 2. The minimum atomic E-state index is -0.505. The number of carbonyl (C=O) groups excluding carboxylic acids is 1. The van der Waals surface area contributed by atoms with Gasteiger partial charge in [0.1, 0.15) is 6.26 Å². The van der Waals surface area contributed by atoms with E-state index in [-0.39, 0.29) is 0 Å². The van der Waals surface area contributed by atoms with Crippen molar-refractivity contribution in [2.45, 2.75) is 55.7 Å². The van der Waals surface area contributed by atoms with Gasteiger partial charge in [0.2, 0.25) is 0 Å². The molecule has 1 heterocycles. The maximum absolute atomic E-state index is 12.4. The zero-order valence-electron chi connectivity index (χ0n) is 19.4. The molecular formula is C28H32N2O2S. The van der Waals surface area contributed by atoms with E-state index in [4.69, 9.17) is 4.74 Å². The summed E-state index contributed by atoms with van der Waals surface area (Å²) >= 11 is 1.73. The van der Waals surface area contributed by atoms with E-state index in [1.54, 1.807) is 42.6 Å². The molecule has 3 aromatic rings. The molecule has 0 saturated heterocycles. The number of amides is 1. The van der Waals surface area contributed by atoms with Gasteiger partial charge in [-0.3, -0.25) is 10.3 Å². The molecule has 1 amide bonds. The van der Waals surface area contributed by atoms with Gasteiger partial charge in [0.15, 0.2) is 0 Å². The Hall–Kier alpha value is -3.05. The van der Waals surface area contributed by atoms with Crippen molar-refractivity contribution in [1.82, 2.24) is 4.98 Å². The van der Waals surface area contributed by atoms with Crippen molar-refractivity contribution in [1.29, 1.82) is 0 Å². The number of ether oxygens (including phenoxy) is 1. The predicted octanol–water partition coefficient (Wildman–Crippen LogP) is 8.43. The topological polar surface area (TPSA) is 51.2 Å². The monoisotopic (exact) mass is 460 g/mol. The minimum Gasteiger partial charge on any atom is -0.418 e. The largest absolute Gasteiger partial charge is 0.418 e. The lowest BCUT2D eigenvalue weighted by molar-refractivity contribution is 0.201. The summed E-state index contributed by atoms with van der Waals surface area (Å²) < 4.78 is 5.53. The van der Waals surface area contributed by atoms with Crippen molar-refractivity contribution >= 4 is 29.1 Å². The van der Waals surface area contributed by atoms with Crippen LogP contribution in [0, 0.1) is 5.92 Å². The molecular weight excluding hydrogens is 428 g/mol. The number of nitrogens with one attached hydrogen (secondary N) is 1. The van der Waals surface area contributed by atoms with Crippen LogP contribution in [0.4, 0.5) is 10.5 Å². The first-order chi connectivity index (χ1) is 16.2. The normalized spacial score (nSPS) is 12.2. The molecule has 4 nitrogen and oxygen atoms in total. The van der Waals surface area contributed by atoms with Crippen LogP contribution in [0.2, 0.25) is 0 Å². The molecule has 3 rings (SSSR count). The maximum atomic E-state index is 12.4. The Kier molecular flexibility index (Phi) is 10.0. The zero-order valence-corrected chi connectivity index (χ0v) is 20.2. The van der Waals surface area contributed by atoms with Crippen LogP contribution in [0.15, 0.2) is 95.2 Å². The summed E-state index contributed by atoms with van der Waals surface area (Å²) in [5.74, 6) is 0.550. The third-order valence-corrected chi connectivity index (χ3v) is 6.47. The number of carbonyl (C=O) groups is 1. The highest BCUT2D eigenvalue weighted by atomic mass is 32.2. The lowest BCUT2D eigenvalue weighted by Gasteiger charge is -2.17. The van der Waals surface area contributed by atoms with Crippen LogP contribution < -0.4 is 5.32 Å². The number of anilines is 1. The van der Waals surface area contributed by atoms with Crippen molar-refractivity contribution in [3.8, 4) is 0 Å². The van der Waals surface area contributed by atoms with E-state index in [0.717, 1.165) is 28.9 Å². The summed E-state index contributed by atoms with van der Waals surface area (Å²) in [7, 11) is 0. The molecule has 0 aliphatic rings. The second-order valence-electron chi connectivity index (χ2n) is 7.97. The van der Waals surface area contributed by atoms with Crippen molar-refractivity contribution < 1.29 is 9.53 Å². The van der Waals surface area contributed by atoms with E-state index in [9.17, 15) is 4.79 Å². The smallest absolute Gasteiger partial charge is 0.416 e. The molecule has 0 saturated carbocycles. The number of unbranched alkanes of at least 4 members (excludes halogenated alkanes) is 1. The van der Waals surface area contributed by atoms with Crippen LogP contribution in [0.5, 0.6) is 0 Å². The SMILES string of the molecule is CCCCC(CC)C/C(=C\OC(=O)Nc1ccncc1)c1cccc(Sc2ccccc2)c1. The number of hydrogen-bond donors (Lipinski definition) is 1. The Morgan fingerprint density at radius 1 is 1.03 bits per heavy atom. The molecule has 1 aromatic heterocycles. The highest BCUT2D eigenvalue weighted by molar-refractivity contribution is 7.99. The first-order valence-corrected chi connectivity index (χ1v) is 12.4. The first-order valence-electron chi connectivity index (χ1n) is 11.6. The summed E-state index contributed by atoms with van der Waals surface area (Å²) in [6, 6.07) is 22.3. The average Bonchev–Trinajstić information content (AvgIpc) is 2.85. The van der Waals surface area contributed by atoms with Crippen LogP contribution in [0.25, 0.3) is 5.57 Å². The Bertz CT molecular complexity index is 1020. The highest BCUT2D eigenvalue weighted by Crippen LogP contribution is 2.33. The molecule has 0 aliphatic heterocycles. The van der Waals surface area contributed by atoms with Crippen LogP contribution in [0.1, 0.15) is 51.5 Å². The molecule has 1 atom stereocenters. The van der Waals surface area contributed by atoms with E-state index in [1.807, 2.05) is 18.2 Å². The Morgan fingerprint density at radius 3 is 2.52 bits per heavy atom. The van der Waals surface area contributed by atoms with Gasteiger partial charge in [-0.1, -0.05) is 81.6 Å².